The van der Waals surface area contributed by atoms with Crippen molar-refractivity contribution in [2.45, 2.75) is 91.1 Å². The van der Waals surface area contributed by atoms with Gasteiger partial charge in [0.1, 0.15) is 6.10 Å². The molecule has 6 nitrogen and oxygen atoms in total. The van der Waals surface area contributed by atoms with Gasteiger partial charge in [-0.25, -0.2) is 4.79 Å². The fourth-order valence-corrected chi connectivity index (χ4v) is 6.66. The molecule has 2 aliphatic carbocycles. The molecule has 1 heterocycles. The number of hydrogen-bond acceptors (Lipinski definition) is 6. The lowest BCUT2D eigenvalue weighted by molar-refractivity contribution is -0.249. The first-order valence-corrected chi connectivity index (χ1v) is 10.8. The molecule has 0 aromatic carbocycles. The van der Waals surface area contributed by atoms with Crippen LogP contribution in [0.5, 0.6) is 0 Å². The Hall–Kier alpha value is -1.40. The van der Waals surface area contributed by atoms with Gasteiger partial charge < -0.3 is 19.3 Å². The number of aliphatic hydroxyl groups is 1. The molecule has 1 aliphatic heterocycles. The Bertz CT molecular complexity index is 697. The van der Waals surface area contributed by atoms with Crippen molar-refractivity contribution in [2.24, 2.45) is 22.7 Å². The van der Waals surface area contributed by atoms with Crippen LogP contribution in [-0.2, 0) is 23.8 Å². The summed E-state index contributed by atoms with van der Waals surface area (Å²) in [6, 6.07) is 0. The van der Waals surface area contributed by atoms with E-state index in [2.05, 4.69) is 20.8 Å². The number of fused-ring (bicyclic) bond motifs is 1. The first kappa shape index (κ1) is 22.3. The minimum atomic E-state index is -0.960. The third-order valence-corrected chi connectivity index (χ3v) is 7.96. The molecule has 3 aliphatic rings. The highest BCUT2D eigenvalue weighted by atomic mass is 16.7. The normalized spacial score (nSPS) is 41.3. The summed E-state index contributed by atoms with van der Waals surface area (Å²) in [6.45, 7) is 10.1. The summed E-state index contributed by atoms with van der Waals surface area (Å²) in [6.07, 6.45) is 5.36. The molecule has 6 atom stereocenters. The van der Waals surface area contributed by atoms with Crippen LogP contribution in [0.3, 0.4) is 0 Å². The molecule has 0 aromatic heterocycles. The van der Waals surface area contributed by atoms with Crippen LogP contribution < -0.4 is 0 Å². The Morgan fingerprint density at radius 1 is 1.31 bits per heavy atom. The highest BCUT2D eigenvalue weighted by Gasteiger charge is 2.65. The molecule has 2 fully saturated rings. The zero-order valence-electron chi connectivity index (χ0n) is 18.6. The predicted octanol–water partition coefficient (Wildman–Crippen LogP) is 3.76. The van der Waals surface area contributed by atoms with Crippen LogP contribution in [-0.4, -0.2) is 42.1 Å². The quantitative estimate of drug-likeness (QED) is 0.698. The van der Waals surface area contributed by atoms with Crippen molar-refractivity contribution in [3.63, 3.8) is 0 Å². The second-order valence-electron chi connectivity index (χ2n) is 10.1. The van der Waals surface area contributed by atoms with Crippen molar-refractivity contribution in [1.82, 2.24) is 0 Å². The van der Waals surface area contributed by atoms with Gasteiger partial charge in [-0.3, -0.25) is 4.79 Å². The molecule has 2 saturated carbocycles. The molecule has 6 heteroatoms. The molecule has 0 aromatic rings. The summed E-state index contributed by atoms with van der Waals surface area (Å²) >= 11 is 0. The number of ether oxygens (including phenoxy) is 3. The summed E-state index contributed by atoms with van der Waals surface area (Å²) in [5.41, 5.74) is -0.850. The molecule has 3 rings (SSSR count). The zero-order valence-corrected chi connectivity index (χ0v) is 18.6. The number of carbonyl (C=O) groups is 2. The molecule has 164 valence electrons. The Balaban J connectivity index is 1.91. The van der Waals surface area contributed by atoms with Crippen LogP contribution >= 0.6 is 0 Å². The van der Waals surface area contributed by atoms with Crippen LogP contribution in [0.15, 0.2) is 11.6 Å². The standard InChI is InChI=1S/C23H36O6/c1-14-12-17(28-15(2)24)19-21(3,4)9-7-10-22(19,5)23(14,26)11-8-16-13-18(27-6)29-20(16)25/h13-14,17-19,26H,7-12H2,1-6H3/t14-,17-,18?,19+,22+,23-/m0/s1. The van der Waals surface area contributed by atoms with Crippen molar-refractivity contribution in [3.8, 4) is 0 Å². The third kappa shape index (κ3) is 3.74. The van der Waals surface area contributed by atoms with Gasteiger partial charge in [-0.2, -0.15) is 0 Å². The summed E-state index contributed by atoms with van der Waals surface area (Å²) in [5.74, 6) is -0.628. The summed E-state index contributed by atoms with van der Waals surface area (Å²) < 4.78 is 16.1. The molecule has 0 amide bonds. The highest BCUT2D eigenvalue weighted by Crippen LogP contribution is 2.64. The molecular formula is C23H36O6. The number of methoxy groups -OCH3 is 1. The van der Waals surface area contributed by atoms with Crippen LogP contribution in [0.25, 0.3) is 0 Å². The monoisotopic (exact) mass is 408 g/mol. The second-order valence-corrected chi connectivity index (χ2v) is 10.1. The molecule has 1 unspecified atom stereocenters. The average molecular weight is 409 g/mol. The van der Waals surface area contributed by atoms with Crippen LogP contribution in [0.4, 0.5) is 0 Å². The number of carbonyl (C=O) groups excluding carboxylic acids is 2. The van der Waals surface area contributed by atoms with Gasteiger partial charge >= 0.3 is 11.9 Å². The fraction of sp³-hybridized carbons (Fsp3) is 0.826. The molecule has 29 heavy (non-hydrogen) atoms. The van der Waals surface area contributed by atoms with Gasteiger partial charge in [0.15, 0.2) is 0 Å². The van der Waals surface area contributed by atoms with Gasteiger partial charge in [-0.05, 0) is 49.5 Å². The Labute approximate surface area is 174 Å². The predicted molar refractivity (Wildman–Crippen MR) is 108 cm³/mol. The summed E-state index contributed by atoms with van der Waals surface area (Å²) in [7, 11) is 1.50. The van der Waals surface area contributed by atoms with E-state index >= 15 is 0 Å². The van der Waals surface area contributed by atoms with E-state index in [0.29, 0.717) is 24.8 Å². The maximum absolute atomic E-state index is 12.1. The molecule has 0 radical (unpaired) electrons. The lowest BCUT2D eigenvalue weighted by atomic mass is 9.43. The number of rotatable bonds is 5. The van der Waals surface area contributed by atoms with E-state index < -0.39 is 17.3 Å². The van der Waals surface area contributed by atoms with Gasteiger partial charge in [0.05, 0.1) is 5.60 Å². The van der Waals surface area contributed by atoms with E-state index in [-0.39, 0.29) is 35.3 Å². The average Bonchev–Trinajstić information content (AvgIpc) is 2.97. The van der Waals surface area contributed by atoms with E-state index in [1.54, 1.807) is 6.08 Å². The number of cyclic esters (lactones) is 1. The minimum Gasteiger partial charge on any atom is -0.462 e. The van der Waals surface area contributed by atoms with E-state index in [1.807, 2.05) is 6.92 Å². The second kappa shape index (κ2) is 7.69. The van der Waals surface area contributed by atoms with Crippen molar-refractivity contribution in [1.29, 1.82) is 0 Å². The Kier molecular flexibility index (Phi) is 5.91. The molecular weight excluding hydrogens is 372 g/mol. The van der Waals surface area contributed by atoms with Crippen LogP contribution in [0.2, 0.25) is 0 Å². The molecule has 0 saturated heterocycles. The van der Waals surface area contributed by atoms with Crippen molar-refractivity contribution in [3.05, 3.63) is 11.6 Å². The molecule has 0 bridgehead atoms. The summed E-state index contributed by atoms with van der Waals surface area (Å²) in [5, 5.41) is 12.1. The number of hydrogen-bond donors (Lipinski definition) is 1. The topological polar surface area (TPSA) is 82.1 Å². The van der Waals surface area contributed by atoms with E-state index in [0.717, 1.165) is 19.3 Å². The van der Waals surface area contributed by atoms with Gasteiger partial charge in [0.2, 0.25) is 6.29 Å². The van der Waals surface area contributed by atoms with Gasteiger partial charge in [0, 0.05) is 30.9 Å². The lowest BCUT2D eigenvalue weighted by Crippen LogP contribution is -2.66. The highest BCUT2D eigenvalue weighted by molar-refractivity contribution is 5.90. The lowest BCUT2D eigenvalue weighted by Gasteiger charge is -2.64. The van der Waals surface area contributed by atoms with Crippen molar-refractivity contribution < 1.29 is 28.9 Å². The van der Waals surface area contributed by atoms with E-state index in [9.17, 15) is 14.7 Å². The Morgan fingerprint density at radius 2 is 2.00 bits per heavy atom. The van der Waals surface area contributed by atoms with Gasteiger partial charge in [0.25, 0.3) is 0 Å². The van der Waals surface area contributed by atoms with E-state index in [4.69, 9.17) is 14.2 Å². The first-order chi connectivity index (χ1) is 13.4. The van der Waals surface area contributed by atoms with E-state index in [1.165, 1.54) is 14.0 Å². The fourth-order valence-electron chi connectivity index (χ4n) is 6.66. The van der Waals surface area contributed by atoms with Crippen LogP contribution in [0, 0.1) is 22.7 Å². The van der Waals surface area contributed by atoms with Crippen molar-refractivity contribution in [2.75, 3.05) is 7.11 Å². The maximum atomic E-state index is 12.1. The minimum absolute atomic E-state index is 0.0477. The largest absolute Gasteiger partial charge is 0.462 e. The molecule has 0 spiro atoms. The number of esters is 2. The summed E-state index contributed by atoms with van der Waals surface area (Å²) in [4.78, 5) is 23.9. The van der Waals surface area contributed by atoms with Crippen LogP contribution in [0.1, 0.15) is 73.1 Å². The first-order valence-electron chi connectivity index (χ1n) is 10.8. The zero-order chi connectivity index (χ0) is 21.6. The van der Waals surface area contributed by atoms with Gasteiger partial charge in [-0.15, -0.1) is 0 Å². The SMILES string of the molecule is COC1C=C(CC[C@]2(O)[C@@H](C)C[C@H](OC(C)=O)[C@@H]3C(C)(C)CCC[C@]32C)C(=O)O1. The Morgan fingerprint density at radius 3 is 2.59 bits per heavy atom. The smallest absolute Gasteiger partial charge is 0.336 e. The van der Waals surface area contributed by atoms with Crippen molar-refractivity contribution >= 4 is 11.9 Å². The van der Waals surface area contributed by atoms with Gasteiger partial charge in [-0.1, -0.05) is 34.1 Å². The molecule has 1 N–H and O–H groups in total. The maximum Gasteiger partial charge on any atom is 0.336 e. The third-order valence-electron chi connectivity index (χ3n) is 7.96.